The molecule has 7 rings (SSSR count). The zero-order chi connectivity index (χ0) is 25.2. The summed E-state index contributed by atoms with van der Waals surface area (Å²) in [5.74, 6) is 3.64. The molecular weight excluding hydrogens is 458 g/mol. The van der Waals surface area contributed by atoms with Crippen molar-refractivity contribution >= 4 is 28.3 Å². The number of hydrogen-bond acceptors (Lipinski definition) is 5. The molecule has 3 aromatic rings. The van der Waals surface area contributed by atoms with Crippen molar-refractivity contribution in [2.24, 2.45) is 23.2 Å². The first kappa shape index (κ1) is 24.4. The van der Waals surface area contributed by atoms with E-state index in [2.05, 4.69) is 33.1 Å². The van der Waals surface area contributed by atoms with Crippen molar-refractivity contribution < 1.29 is 4.79 Å². The number of carbonyl (C=O) groups excluding carboxylic acids is 1. The molecule has 0 radical (unpaired) electrons. The van der Waals surface area contributed by atoms with Crippen LogP contribution in [0.15, 0.2) is 48.5 Å². The number of pyridine rings is 2. The van der Waals surface area contributed by atoms with E-state index < -0.39 is 0 Å². The van der Waals surface area contributed by atoms with Gasteiger partial charge in [-0.15, -0.1) is 0 Å². The van der Waals surface area contributed by atoms with Gasteiger partial charge in [-0.05, 0) is 118 Å². The van der Waals surface area contributed by atoms with Crippen molar-refractivity contribution in [2.45, 2.75) is 64.8 Å². The number of hydrogen-bond donors (Lipinski definition) is 3. The Hall–Kier alpha value is -2.99. The van der Waals surface area contributed by atoms with Gasteiger partial charge in [0.2, 0.25) is 5.91 Å². The van der Waals surface area contributed by atoms with E-state index in [-0.39, 0.29) is 11.3 Å². The summed E-state index contributed by atoms with van der Waals surface area (Å²) in [4.78, 5) is 22.5. The van der Waals surface area contributed by atoms with Crippen LogP contribution in [-0.4, -0.2) is 29.0 Å². The van der Waals surface area contributed by atoms with Gasteiger partial charge in [0.25, 0.3) is 0 Å². The van der Waals surface area contributed by atoms with Crippen molar-refractivity contribution in [3.05, 3.63) is 59.9 Å². The molecule has 6 nitrogen and oxygen atoms in total. The average Bonchev–Trinajstić information content (AvgIpc) is 2.85. The monoisotopic (exact) mass is 497 g/mol. The Labute approximate surface area is 220 Å². The Balaban J connectivity index is 1.01. The number of fused-ring (bicyclic) bond motifs is 1. The van der Waals surface area contributed by atoms with E-state index in [1.54, 1.807) is 0 Å². The summed E-state index contributed by atoms with van der Waals surface area (Å²) in [5, 5.41) is 11.1. The molecule has 1 amide bonds. The van der Waals surface area contributed by atoms with Gasteiger partial charge in [-0.3, -0.25) is 9.78 Å². The number of amides is 1. The summed E-state index contributed by atoms with van der Waals surface area (Å²) in [6.45, 7) is 4.56. The lowest BCUT2D eigenvalue weighted by Gasteiger charge is -2.56. The van der Waals surface area contributed by atoms with Crippen LogP contribution in [0, 0.1) is 30.1 Å². The molecule has 4 fully saturated rings. The highest BCUT2D eigenvalue weighted by molar-refractivity contribution is 6.01. The van der Waals surface area contributed by atoms with E-state index in [9.17, 15) is 4.79 Å². The van der Waals surface area contributed by atoms with E-state index in [4.69, 9.17) is 4.98 Å². The predicted octanol–water partition coefficient (Wildman–Crippen LogP) is 6.08. The van der Waals surface area contributed by atoms with Crippen LogP contribution in [0.4, 0.5) is 11.5 Å². The van der Waals surface area contributed by atoms with Crippen LogP contribution in [0.5, 0.6) is 0 Å². The first-order valence-corrected chi connectivity index (χ1v) is 14.1. The molecule has 194 valence electrons. The fourth-order valence-corrected chi connectivity index (χ4v) is 7.75. The highest BCUT2D eigenvalue weighted by Gasteiger charge is 2.51. The standard InChI is InChI=1S/C31H39N5O/c1-21-5-2-6-25(34-21)20-32-11-4-12-33-29-10-9-26-27(35-29)7-3-8-28(26)36-30(37)19-31-16-22-13-23(17-31)15-24(14-22)18-31/h2-3,5-10,22-24,32H,4,11-20H2,1H3,(H,33,35)(H,36,37). The maximum absolute atomic E-state index is 13.2. The Morgan fingerprint density at radius 3 is 2.43 bits per heavy atom. The third-order valence-corrected chi connectivity index (χ3v) is 8.80. The van der Waals surface area contributed by atoms with Gasteiger partial charge < -0.3 is 16.0 Å². The van der Waals surface area contributed by atoms with E-state index in [1.165, 1.54) is 38.5 Å². The summed E-state index contributed by atoms with van der Waals surface area (Å²) >= 11 is 0. The molecule has 0 aliphatic heterocycles. The number of carbonyl (C=O) groups is 1. The molecule has 4 bridgehead atoms. The summed E-state index contributed by atoms with van der Waals surface area (Å²) < 4.78 is 0. The number of aromatic nitrogens is 2. The van der Waals surface area contributed by atoms with E-state index in [0.717, 1.165) is 77.6 Å². The molecule has 0 atom stereocenters. The van der Waals surface area contributed by atoms with Crippen LogP contribution in [-0.2, 0) is 11.3 Å². The van der Waals surface area contributed by atoms with Crippen molar-refractivity contribution in [1.29, 1.82) is 0 Å². The Kier molecular flexibility index (Phi) is 6.85. The first-order valence-electron chi connectivity index (χ1n) is 14.1. The summed E-state index contributed by atoms with van der Waals surface area (Å²) in [5.41, 5.74) is 4.16. The first-order chi connectivity index (χ1) is 18.0. The minimum Gasteiger partial charge on any atom is -0.370 e. The summed E-state index contributed by atoms with van der Waals surface area (Å²) in [6, 6.07) is 16.2. The van der Waals surface area contributed by atoms with Crippen molar-refractivity contribution in [3.63, 3.8) is 0 Å². The van der Waals surface area contributed by atoms with Gasteiger partial charge in [0.1, 0.15) is 5.82 Å². The van der Waals surface area contributed by atoms with Crippen LogP contribution in [0.1, 0.15) is 62.8 Å². The molecule has 0 saturated heterocycles. The second kappa shape index (κ2) is 10.4. The van der Waals surface area contributed by atoms with Crippen molar-refractivity contribution in [2.75, 3.05) is 23.7 Å². The average molecular weight is 498 g/mol. The fraction of sp³-hybridized carbons (Fsp3) is 0.516. The molecule has 3 N–H and O–H groups in total. The topological polar surface area (TPSA) is 78.9 Å². The van der Waals surface area contributed by atoms with Gasteiger partial charge >= 0.3 is 0 Å². The number of rotatable bonds is 10. The van der Waals surface area contributed by atoms with Gasteiger partial charge in [-0.1, -0.05) is 12.1 Å². The molecule has 4 aliphatic carbocycles. The number of benzene rings is 1. The zero-order valence-electron chi connectivity index (χ0n) is 21.9. The Bertz CT molecular complexity index is 1240. The normalized spacial score (nSPS) is 25.9. The second-order valence-electron chi connectivity index (χ2n) is 11.9. The summed E-state index contributed by atoms with van der Waals surface area (Å²) in [7, 11) is 0. The number of nitrogens with zero attached hydrogens (tertiary/aromatic N) is 2. The third-order valence-electron chi connectivity index (χ3n) is 8.80. The molecule has 6 heteroatoms. The molecule has 2 heterocycles. The van der Waals surface area contributed by atoms with Gasteiger partial charge in [0.05, 0.1) is 16.9 Å². The third kappa shape index (κ3) is 5.64. The molecule has 4 aliphatic rings. The Morgan fingerprint density at radius 2 is 1.68 bits per heavy atom. The van der Waals surface area contributed by atoms with Gasteiger partial charge in [-0.25, -0.2) is 4.98 Å². The molecule has 4 saturated carbocycles. The highest BCUT2D eigenvalue weighted by atomic mass is 16.1. The fourth-order valence-electron chi connectivity index (χ4n) is 7.75. The molecule has 0 spiro atoms. The lowest BCUT2D eigenvalue weighted by molar-refractivity contribution is -0.124. The zero-order valence-corrected chi connectivity index (χ0v) is 21.9. The van der Waals surface area contributed by atoms with Crippen molar-refractivity contribution in [3.8, 4) is 0 Å². The molecule has 1 aromatic carbocycles. The van der Waals surface area contributed by atoms with Crippen LogP contribution in [0.2, 0.25) is 0 Å². The SMILES string of the molecule is Cc1cccc(CNCCCNc2ccc3c(NC(=O)CC45CC6CC(CC(C6)C4)C5)cccc3n2)n1. The predicted molar refractivity (Wildman–Crippen MR) is 149 cm³/mol. The van der Waals surface area contributed by atoms with Gasteiger partial charge in [-0.2, -0.15) is 0 Å². The smallest absolute Gasteiger partial charge is 0.224 e. The largest absolute Gasteiger partial charge is 0.370 e. The van der Waals surface area contributed by atoms with E-state index >= 15 is 0 Å². The van der Waals surface area contributed by atoms with Gasteiger partial charge in [0.15, 0.2) is 0 Å². The molecule has 0 unspecified atom stereocenters. The van der Waals surface area contributed by atoms with Crippen LogP contribution in [0.25, 0.3) is 10.9 Å². The number of nitrogens with one attached hydrogen (secondary N) is 3. The lowest BCUT2D eigenvalue weighted by Crippen LogP contribution is -2.47. The van der Waals surface area contributed by atoms with Crippen LogP contribution >= 0.6 is 0 Å². The maximum atomic E-state index is 13.2. The molecular formula is C31H39N5O. The highest BCUT2D eigenvalue weighted by Crippen LogP contribution is 2.61. The quantitative estimate of drug-likeness (QED) is 0.296. The molecule has 37 heavy (non-hydrogen) atoms. The lowest BCUT2D eigenvalue weighted by atomic mass is 9.49. The van der Waals surface area contributed by atoms with E-state index in [0.29, 0.717) is 6.42 Å². The maximum Gasteiger partial charge on any atom is 0.224 e. The van der Waals surface area contributed by atoms with Crippen molar-refractivity contribution in [1.82, 2.24) is 15.3 Å². The van der Waals surface area contributed by atoms with Gasteiger partial charge in [0, 0.05) is 30.6 Å². The van der Waals surface area contributed by atoms with E-state index in [1.807, 2.05) is 43.3 Å². The number of aryl methyl sites for hydroxylation is 1. The van der Waals surface area contributed by atoms with Crippen LogP contribution in [0.3, 0.4) is 0 Å². The minimum absolute atomic E-state index is 0.171. The van der Waals surface area contributed by atoms with Crippen LogP contribution < -0.4 is 16.0 Å². The molecule has 2 aromatic heterocycles. The minimum atomic E-state index is 0.171. The Morgan fingerprint density at radius 1 is 0.919 bits per heavy atom. The summed E-state index contributed by atoms with van der Waals surface area (Å²) in [6.07, 6.45) is 9.68. The number of anilines is 2. The second-order valence-corrected chi connectivity index (χ2v) is 11.9.